The molecule has 0 radical (unpaired) electrons. The maximum absolute atomic E-state index is 6.17. The Bertz CT molecular complexity index is 499. The van der Waals surface area contributed by atoms with Crippen molar-refractivity contribution in [1.29, 1.82) is 0 Å². The summed E-state index contributed by atoms with van der Waals surface area (Å²) < 4.78 is 10.4. The molecule has 136 valence electrons. The Hall–Kier alpha value is -1.01. The highest BCUT2D eigenvalue weighted by Gasteiger charge is 2.02. The molecule has 0 saturated heterocycles. The van der Waals surface area contributed by atoms with E-state index in [0.717, 1.165) is 44.1 Å². The van der Waals surface area contributed by atoms with Gasteiger partial charge in [0.25, 0.3) is 0 Å². The molecule has 5 nitrogen and oxygen atoms in total. The lowest BCUT2D eigenvalue weighted by Crippen LogP contribution is -2.37. The fraction of sp³-hybridized carbons (Fsp3) is 0.588. The second kappa shape index (κ2) is 13.3. The minimum absolute atomic E-state index is 0.505. The molecule has 0 spiro atoms. The lowest BCUT2D eigenvalue weighted by molar-refractivity contribution is 0.0689. The molecule has 2 N–H and O–H groups in total. The zero-order chi connectivity index (χ0) is 17.6. The average molecular weight is 376 g/mol. The molecular weight excluding hydrogens is 349 g/mol. The van der Waals surface area contributed by atoms with E-state index in [4.69, 9.17) is 32.7 Å². The number of guanidine groups is 1. The molecule has 0 aromatic heterocycles. The third-order valence-corrected chi connectivity index (χ3v) is 3.79. The van der Waals surface area contributed by atoms with Gasteiger partial charge < -0.3 is 20.1 Å². The topological polar surface area (TPSA) is 54.9 Å². The van der Waals surface area contributed by atoms with Crippen LogP contribution in [-0.2, 0) is 16.0 Å². The Balaban J connectivity index is 2.32. The summed E-state index contributed by atoms with van der Waals surface area (Å²) in [6.07, 6.45) is 2.01. The second-order valence-corrected chi connectivity index (χ2v) is 6.01. The van der Waals surface area contributed by atoms with Crippen LogP contribution < -0.4 is 10.6 Å². The van der Waals surface area contributed by atoms with Crippen LogP contribution in [0, 0.1) is 0 Å². The van der Waals surface area contributed by atoms with E-state index in [2.05, 4.69) is 15.6 Å². The highest BCUT2D eigenvalue weighted by molar-refractivity contribution is 6.35. The van der Waals surface area contributed by atoms with Gasteiger partial charge in [0.05, 0.1) is 19.8 Å². The van der Waals surface area contributed by atoms with Crippen LogP contribution in [0.5, 0.6) is 0 Å². The third-order valence-electron chi connectivity index (χ3n) is 3.21. The molecule has 1 rings (SSSR count). The molecule has 24 heavy (non-hydrogen) atoms. The van der Waals surface area contributed by atoms with Crippen molar-refractivity contribution in [3.63, 3.8) is 0 Å². The van der Waals surface area contributed by atoms with Crippen molar-refractivity contribution in [2.75, 3.05) is 40.0 Å². The van der Waals surface area contributed by atoms with E-state index in [0.29, 0.717) is 29.8 Å². The van der Waals surface area contributed by atoms with E-state index in [1.165, 1.54) is 0 Å². The maximum atomic E-state index is 6.17. The van der Waals surface area contributed by atoms with E-state index < -0.39 is 0 Å². The quantitative estimate of drug-likeness (QED) is 0.353. The number of hydrogen-bond acceptors (Lipinski definition) is 3. The molecule has 0 unspecified atom stereocenters. The summed E-state index contributed by atoms with van der Waals surface area (Å²) in [6.45, 7) is 6.23. The molecule has 0 fully saturated rings. The number of nitrogens with zero attached hydrogens (tertiary/aromatic N) is 1. The SMILES string of the molecule is CCNC(=NCc1ccc(Cl)cc1Cl)NCCCCOCCOC. The van der Waals surface area contributed by atoms with Crippen molar-refractivity contribution >= 4 is 29.2 Å². The highest BCUT2D eigenvalue weighted by Crippen LogP contribution is 2.21. The van der Waals surface area contributed by atoms with E-state index in [-0.39, 0.29) is 0 Å². The van der Waals surface area contributed by atoms with Crippen LogP contribution in [0.4, 0.5) is 0 Å². The van der Waals surface area contributed by atoms with Gasteiger partial charge in [-0.3, -0.25) is 0 Å². The molecule has 0 heterocycles. The first-order chi connectivity index (χ1) is 11.7. The first-order valence-electron chi connectivity index (χ1n) is 8.20. The molecule has 0 atom stereocenters. The van der Waals surface area contributed by atoms with Gasteiger partial charge in [0.2, 0.25) is 0 Å². The van der Waals surface area contributed by atoms with Gasteiger partial charge in [-0.25, -0.2) is 4.99 Å². The first kappa shape index (κ1) is 21.0. The summed E-state index contributed by atoms with van der Waals surface area (Å²) in [5.74, 6) is 0.781. The summed E-state index contributed by atoms with van der Waals surface area (Å²) >= 11 is 12.1. The largest absolute Gasteiger partial charge is 0.382 e. The lowest BCUT2D eigenvalue weighted by Gasteiger charge is -2.11. The van der Waals surface area contributed by atoms with Crippen LogP contribution in [0.25, 0.3) is 0 Å². The number of halogens is 2. The normalized spacial score (nSPS) is 11.6. The Morgan fingerprint density at radius 2 is 1.96 bits per heavy atom. The monoisotopic (exact) mass is 375 g/mol. The van der Waals surface area contributed by atoms with Crippen LogP contribution in [0.1, 0.15) is 25.3 Å². The van der Waals surface area contributed by atoms with Gasteiger partial charge in [-0.05, 0) is 37.5 Å². The predicted octanol–water partition coefficient (Wildman–Crippen LogP) is 3.49. The summed E-state index contributed by atoms with van der Waals surface area (Å²) in [5.41, 5.74) is 0.949. The number of hydrogen-bond donors (Lipinski definition) is 2. The summed E-state index contributed by atoms with van der Waals surface area (Å²) in [5, 5.41) is 7.80. The average Bonchev–Trinajstić information content (AvgIpc) is 2.56. The van der Waals surface area contributed by atoms with Crippen LogP contribution >= 0.6 is 23.2 Å². The fourth-order valence-electron chi connectivity index (χ4n) is 1.94. The van der Waals surface area contributed by atoms with Crippen molar-refractivity contribution in [1.82, 2.24) is 10.6 Å². The van der Waals surface area contributed by atoms with E-state index in [1.807, 2.05) is 19.1 Å². The summed E-state index contributed by atoms with van der Waals surface area (Å²) in [4.78, 5) is 4.55. The van der Waals surface area contributed by atoms with Crippen molar-refractivity contribution in [3.05, 3.63) is 33.8 Å². The number of rotatable bonds is 11. The van der Waals surface area contributed by atoms with Crippen molar-refractivity contribution in [2.45, 2.75) is 26.3 Å². The molecular formula is C17H27Cl2N3O2. The first-order valence-corrected chi connectivity index (χ1v) is 8.95. The number of methoxy groups -OCH3 is 1. The number of unbranched alkanes of at least 4 members (excludes halogenated alkanes) is 1. The fourth-order valence-corrected chi connectivity index (χ4v) is 2.40. The smallest absolute Gasteiger partial charge is 0.191 e. The van der Waals surface area contributed by atoms with Crippen LogP contribution in [0.15, 0.2) is 23.2 Å². The standard InChI is InChI=1S/C17H27Cl2N3O2/c1-3-20-17(21-8-4-5-9-24-11-10-23-2)22-13-14-6-7-15(18)12-16(14)19/h6-7,12H,3-5,8-11,13H2,1-2H3,(H2,20,21,22). The van der Waals surface area contributed by atoms with Crippen LogP contribution in [0.2, 0.25) is 10.0 Å². The molecule has 1 aromatic rings. The van der Waals surface area contributed by atoms with Gasteiger partial charge in [0.15, 0.2) is 5.96 Å². The van der Waals surface area contributed by atoms with Gasteiger partial charge >= 0.3 is 0 Å². The van der Waals surface area contributed by atoms with Crippen molar-refractivity contribution < 1.29 is 9.47 Å². The zero-order valence-corrected chi connectivity index (χ0v) is 15.9. The predicted molar refractivity (Wildman–Crippen MR) is 101 cm³/mol. The van der Waals surface area contributed by atoms with Gasteiger partial charge in [-0.2, -0.15) is 0 Å². The lowest BCUT2D eigenvalue weighted by atomic mass is 10.2. The number of nitrogens with one attached hydrogen (secondary N) is 2. The maximum Gasteiger partial charge on any atom is 0.191 e. The van der Waals surface area contributed by atoms with Gasteiger partial charge in [0.1, 0.15) is 0 Å². The second-order valence-electron chi connectivity index (χ2n) is 5.17. The molecule has 0 bridgehead atoms. The summed E-state index contributed by atoms with van der Waals surface area (Å²) in [7, 11) is 1.67. The molecule has 0 saturated carbocycles. The Kier molecular flexibility index (Phi) is 11.7. The zero-order valence-electron chi connectivity index (χ0n) is 14.4. The van der Waals surface area contributed by atoms with Gasteiger partial charge in [-0.15, -0.1) is 0 Å². The number of aliphatic imine (C=N–C) groups is 1. The number of ether oxygens (including phenoxy) is 2. The minimum atomic E-state index is 0.505. The van der Waals surface area contributed by atoms with Crippen LogP contribution in [-0.4, -0.2) is 46.0 Å². The number of benzene rings is 1. The van der Waals surface area contributed by atoms with Gasteiger partial charge in [0, 0.05) is 36.9 Å². The highest BCUT2D eigenvalue weighted by atomic mass is 35.5. The Morgan fingerprint density at radius 1 is 1.12 bits per heavy atom. The Labute approximate surface area is 154 Å². The molecule has 1 aromatic carbocycles. The molecule has 0 aliphatic carbocycles. The molecule has 0 aliphatic heterocycles. The minimum Gasteiger partial charge on any atom is -0.382 e. The van der Waals surface area contributed by atoms with Crippen LogP contribution in [0.3, 0.4) is 0 Å². The third kappa shape index (κ3) is 9.33. The molecule has 0 amide bonds. The van der Waals surface area contributed by atoms with E-state index in [9.17, 15) is 0 Å². The Morgan fingerprint density at radius 3 is 2.67 bits per heavy atom. The molecule has 7 heteroatoms. The van der Waals surface area contributed by atoms with E-state index in [1.54, 1.807) is 13.2 Å². The molecule has 0 aliphatic rings. The van der Waals surface area contributed by atoms with Gasteiger partial charge in [-0.1, -0.05) is 29.3 Å². The summed E-state index contributed by atoms with van der Waals surface area (Å²) in [6, 6.07) is 5.45. The van der Waals surface area contributed by atoms with Crippen molar-refractivity contribution in [3.8, 4) is 0 Å². The van der Waals surface area contributed by atoms with E-state index >= 15 is 0 Å². The van der Waals surface area contributed by atoms with Crippen molar-refractivity contribution in [2.24, 2.45) is 4.99 Å².